The standard InChI is InChI=1S/C18H26N2O5.ClH/c1-18(2,3)25-15(21)11-14(17(23)24-4)20-16(22)13(19)10-12-8-6-5-7-9-12;/h5-9,13-14H,10-11,19H2,1-4H3,(H,20,22);1H/t13-,14+;/m1./s1. The van der Waals surface area contributed by atoms with Crippen LogP contribution in [0.25, 0.3) is 0 Å². The van der Waals surface area contributed by atoms with E-state index >= 15 is 0 Å². The number of hydrogen-bond donors (Lipinski definition) is 2. The lowest BCUT2D eigenvalue weighted by molar-refractivity contribution is -0.159. The molecule has 146 valence electrons. The Morgan fingerprint density at radius 3 is 2.23 bits per heavy atom. The molecule has 0 spiro atoms. The highest BCUT2D eigenvalue weighted by Crippen LogP contribution is 2.10. The maximum atomic E-state index is 12.2. The minimum atomic E-state index is -1.14. The summed E-state index contributed by atoms with van der Waals surface area (Å²) in [5.41, 5.74) is 6.10. The fourth-order valence-corrected chi connectivity index (χ4v) is 2.12. The molecule has 1 rings (SSSR count). The quantitative estimate of drug-likeness (QED) is 0.685. The van der Waals surface area contributed by atoms with Crippen LogP contribution in [-0.4, -0.2) is 42.6 Å². The molecule has 0 radical (unpaired) electrons. The molecule has 1 aromatic rings. The molecular weight excluding hydrogens is 360 g/mol. The zero-order valence-electron chi connectivity index (χ0n) is 15.5. The van der Waals surface area contributed by atoms with E-state index < -0.39 is 35.5 Å². The van der Waals surface area contributed by atoms with Gasteiger partial charge in [-0.2, -0.15) is 0 Å². The van der Waals surface area contributed by atoms with Crippen molar-refractivity contribution in [2.75, 3.05) is 7.11 Å². The molecule has 1 amide bonds. The van der Waals surface area contributed by atoms with Gasteiger partial charge in [0.1, 0.15) is 11.6 Å². The average Bonchev–Trinajstić information content (AvgIpc) is 2.52. The molecule has 0 unspecified atom stereocenters. The Kier molecular flexibility index (Phi) is 9.90. The van der Waals surface area contributed by atoms with Gasteiger partial charge in [-0.3, -0.25) is 9.59 Å². The Hall–Kier alpha value is -2.12. The maximum Gasteiger partial charge on any atom is 0.328 e. The Bertz CT molecular complexity index is 601. The summed E-state index contributed by atoms with van der Waals surface area (Å²) < 4.78 is 9.81. The summed E-state index contributed by atoms with van der Waals surface area (Å²) in [6.45, 7) is 5.14. The SMILES string of the molecule is COC(=O)[C@H](CC(=O)OC(C)(C)C)NC(=O)[C@H](N)Cc1ccccc1.Cl. The first kappa shape index (κ1) is 23.9. The fourth-order valence-electron chi connectivity index (χ4n) is 2.12. The van der Waals surface area contributed by atoms with E-state index in [0.717, 1.165) is 5.56 Å². The van der Waals surface area contributed by atoms with Crippen LogP contribution in [0.4, 0.5) is 0 Å². The van der Waals surface area contributed by atoms with Gasteiger partial charge in [0.2, 0.25) is 5.91 Å². The highest BCUT2D eigenvalue weighted by atomic mass is 35.5. The first-order valence-corrected chi connectivity index (χ1v) is 8.02. The van der Waals surface area contributed by atoms with E-state index in [2.05, 4.69) is 10.1 Å². The van der Waals surface area contributed by atoms with Crippen LogP contribution in [0.15, 0.2) is 30.3 Å². The summed E-state index contributed by atoms with van der Waals surface area (Å²) in [7, 11) is 1.18. The lowest BCUT2D eigenvalue weighted by atomic mass is 10.1. The largest absolute Gasteiger partial charge is 0.467 e. The van der Waals surface area contributed by atoms with Crippen LogP contribution in [0, 0.1) is 0 Å². The third-order valence-electron chi connectivity index (χ3n) is 3.23. The monoisotopic (exact) mass is 386 g/mol. The third kappa shape index (κ3) is 8.82. The number of esters is 2. The first-order chi connectivity index (χ1) is 11.6. The molecule has 0 aliphatic heterocycles. The molecule has 0 aliphatic rings. The van der Waals surface area contributed by atoms with Crippen LogP contribution in [0.1, 0.15) is 32.8 Å². The highest BCUT2D eigenvalue weighted by Gasteiger charge is 2.29. The van der Waals surface area contributed by atoms with Gasteiger partial charge < -0.3 is 20.5 Å². The summed E-state index contributed by atoms with van der Waals surface area (Å²) in [5.74, 6) is -1.88. The van der Waals surface area contributed by atoms with E-state index in [0.29, 0.717) is 6.42 Å². The van der Waals surface area contributed by atoms with Gasteiger partial charge in [-0.05, 0) is 32.8 Å². The van der Waals surface area contributed by atoms with Crippen LogP contribution < -0.4 is 11.1 Å². The number of carbonyl (C=O) groups is 3. The van der Waals surface area contributed by atoms with Crippen molar-refractivity contribution >= 4 is 30.3 Å². The molecule has 0 saturated heterocycles. The summed E-state index contributed by atoms with van der Waals surface area (Å²) >= 11 is 0. The average molecular weight is 387 g/mol. The summed E-state index contributed by atoms with van der Waals surface area (Å²) in [6, 6.07) is 7.27. The van der Waals surface area contributed by atoms with E-state index in [-0.39, 0.29) is 18.8 Å². The van der Waals surface area contributed by atoms with Crippen molar-refractivity contribution < 1.29 is 23.9 Å². The van der Waals surface area contributed by atoms with Crippen molar-refractivity contribution in [3.8, 4) is 0 Å². The number of benzene rings is 1. The van der Waals surface area contributed by atoms with Gasteiger partial charge in [-0.1, -0.05) is 30.3 Å². The minimum absolute atomic E-state index is 0. The summed E-state index contributed by atoms with van der Waals surface area (Å²) in [6.07, 6.45) is -0.0132. The molecular formula is C18H27ClN2O5. The number of hydrogen-bond acceptors (Lipinski definition) is 6. The number of nitrogens with one attached hydrogen (secondary N) is 1. The van der Waals surface area contributed by atoms with Crippen LogP contribution in [-0.2, 0) is 30.3 Å². The van der Waals surface area contributed by atoms with Gasteiger partial charge in [0.25, 0.3) is 0 Å². The number of methoxy groups -OCH3 is 1. The molecule has 26 heavy (non-hydrogen) atoms. The van der Waals surface area contributed by atoms with Crippen LogP contribution in [0.3, 0.4) is 0 Å². The number of ether oxygens (including phenoxy) is 2. The Balaban J connectivity index is 0.00000625. The topological polar surface area (TPSA) is 108 Å². The third-order valence-corrected chi connectivity index (χ3v) is 3.23. The Labute approximate surface area is 160 Å². The fraction of sp³-hybridized carbons (Fsp3) is 0.500. The smallest absolute Gasteiger partial charge is 0.328 e. The molecule has 0 aliphatic carbocycles. The molecule has 7 nitrogen and oxygen atoms in total. The summed E-state index contributed by atoms with van der Waals surface area (Å²) in [5, 5.41) is 2.47. The van der Waals surface area contributed by atoms with Gasteiger partial charge in [0.15, 0.2) is 0 Å². The van der Waals surface area contributed by atoms with E-state index in [1.54, 1.807) is 20.8 Å². The van der Waals surface area contributed by atoms with Gasteiger partial charge in [-0.15, -0.1) is 12.4 Å². The molecule has 0 heterocycles. The van der Waals surface area contributed by atoms with Crippen molar-refractivity contribution in [2.45, 2.75) is 51.3 Å². The molecule has 0 bridgehead atoms. The van der Waals surface area contributed by atoms with Crippen molar-refractivity contribution in [1.29, 1.82) is 0 Å². The van der Waals surface area contributed by atoms with Crippen LogP contribution in [0.5, 0.6) is 0 Å². The molecule has 0 fully saturated rings. The second kappa shape index (κ2) is 10.8. The van der Waals surface area contributed by atoms with E-state index in [9.17, 15) is 14.4 Å². The predicted octanol–water partition coefficient (Wildman–Crippen LogP) is 1.37. The lowest BCUT2D eigenvalue weighted by Gasteiger charge is -2.22. The zero-order valence-corrected chi connectivity index (χ0v) is 16.3. The number of halogens is 1. The molecule has 2 atom stereocenters. The van der Waals surface area contributed by atoms with Crippen molar-refractivity contribution in [2.24, 2.45) is 5.73 Å². The summed E-state index contributed by atoms with van der Waals surface area (Å²) in [4.78, 5) is 36.0. The van der Waals surface area contributed by atoms with E-state index in [1.807, 2.05) is 30.3 Å². The number of rotatable bonds is 7. The minimum Gasteiger partial charge on any atom is -0.467 e. The van der Waals surface area contributed by atoms with Crippen molar-refractivity contribution in [1.82, 2.24) is 5.32 Å². The Morgan fingerprint density at radius 1 is 1.15 bits per heavy atom. The Morgan fingerprint density at radius 2 is 1.73 bits per heavy atom. The van der Waals surface area contributed by atoms with Crippen LogP contribution in [0.2, 0.25) is 0 Å². The maximum absolute atomic E-state index is 12.2. The van der Waals surface area contributed by atoms with Gasteiger partial charge in [0.05, 0.1) is 19.6 Å². The molecule has 0 aromatic heterocycles. The molecule has 1 aromatic carbocycles. The van der Waals surface area contributed by atoms with E-state index in [4.69, 9.17) is 10.5 Å². The lowest BCUT2D eigenvalue weighted by Crippen LogP contribution is -2.50. The first-order valence-electron chi connectivity index (χ1n) is 8.02. The number of carbonyl (C=O) groups excluding carboxylic acids is 3. The number of amides is 1. The normalized spacial score (nSPS) is 13.0. The van der Waals surface area contributed by atoms with Gasteiger partial charge >= 0.3 is 11.9 Å². The second-order valence-corrected chi connectivity index (χ2v) is 6.67. The van der Waals surface area contributed by atoms with Gasteiger partial charge in [0, 0.05) is 0 Å². The second-order valence-electron chi connectivity index (χ2n) is 6.67. The van der Waals surface area contributed by atoms with Crippen molar-refractivity contribution in [3.63, 3.8) is 0 Å². The molecule has 0 saturated carbocycles. The van der Waals surface area contributed by atoms with Gasteiger partial charge in [-0.25, -0.2) is 4.79 Å². The number of nitrogens with two attached hydrogens (primary N) is 1. The van der Waals surface area contributed by atoms with Crippen molar-refractivity contribution in [3.05, 3.63) is 35.9 Å². The zero-order chi connectivity index (χ0) is 19.0. The van der Waals surface area contributed by atoms with Crippen LogP contribution >= 0.6 is 12.4 Å². The van der Waals surface area contributed by atoms with E-state index in [1.165, 1.54) is 7.11 Å². The molecule has 3 N–H and O–H groups in total. The predicted molar refractivity (Wildman–Crippen MR) is 99.8 cm³/mol. The highest BCUT2D eigenvalue weighted by molar-refractivity contribution is 5.90. The molecule has 8 heteroatoms.